The van der Waals surface area contributed by atoms with Gasteiger partial charge in [0.2, 0.25) is 0 Å². The van der Waals surface area contributed by atoms with Crippen LogP contribution in [0.3, 0.4) is 0 Å². The number of ether oxygens (including phenoxy) is 1. The van der Waals surface area contributed by atoms with Crippen molar-refractivity contribution in [2.45, 2.75) is 33.8 Å². The first-order chi connectivity index (χ1) is 9.03. The quantitative estimate of drug-likeness (QED) is 0.796. The van der Waals surface area contributed by atoms with Gasteiger partial charge < -0.3 is 14.7 Å². The summed E-state index contributed by atoms with van der Waals surface area (Å²) in [6.45, 7) is 8.35. The molecule has 0 aliphatic heterocycles. The summed E-state index contributed by atoms with van der Waals surface area (Å²) in [5.74, 6) is -0.376. The summed E-state index contributed by atoms with van der Waals surface area (Å²) >= 11 is 1.23. The van der Waals surface area contributed by atoms with Crippen molar-refractivity contribution in [3.63, 3.8) is 0 Å². The van der Waals surface area contributed by atoms with E-state index in [1.165, 1.54) is 11.3 Å². The first kappa shape index (κ1) is 15.9. The normalized spacial score (nSPS) is 12.4. The van der Waals surface area contributed by atoms with Gasteiger partial charge in [0.05, 0.1) is 12.3 Å². The third-order valence-corrected chi connectivity index (χ3v) is 4.19. The lowest BCUT2D eigenvalue weighted by molar-refractivity contribution is 0.0697. The molecule has 0 spiro atoms. The molecule has 1 atom stereocenters. The van der Waals surface area contributed by atoms with Crippen LogP contribution < -0.4 is 4.90 Å². The molecule has 6 heteroatoms. The molecule has 0 aliphatic carbocycles. The van der Waals surface area contributed by atoms with Crippen molar-refractivity contribution < 1.29 is 14.6 Å². The predicted molar refractivity (Wildman–Crippen MR) is 77.1 cm³/mol. The molecule has 0 aromatic carbocycles. The summed E-state index contributed by atoms with van der Waals surface area (Å²) in [5, 5.41) is 9.96. The van der Waals surface area contributed by atoms with Crippen LogP contribution in [-0.4, -0.2) is 36.3 Å². The van der Waals surface area contributed by atoms with E-state index in [0.717, 1.165) is 24.6 Å². The smallest absolute Gasteiger partial charge is 0.347 e. The standard InChI is InChI=1S/C13H22N2O3S/c1-5-9(3)7-15(6-2)13-14-10(8-18-4)11(19-13)12(16)17/h9H,5-8H2,1-4H3,(H,16,17). The molecule has 108 valence electrons. The fourth-order valence-corrected chi connectivity index (χ4v) is 2.70. The van der Waals surface area contributed by atoms with Crippen LogP contribution in [0, 0.1) is 5.92 Å². The van der Waals surface area contributed by atoms with E-state index in [9.17, 15) is 9.90 Å². The van der Waals surface area contributed by atoms with Gasteiger partial charge in [-0.25, -0.2) is 9.78 Å². The van der Waals surface area contributed by atoms with Gasteiger partial charge in [-0.2, -0.15) is 0 Å². The van der Waals surface area contributed by atoms with Crippen LogP contribution in [0.25, 0.3) is 0 Å². The molecule has 5 nitrogen and oxygen atoms in total. The van der Waals surface area contributed by atoms with Gasteiger partial charge in [0.25, 0.3) is 0 Å². The van der Waals surface area contributed by atoms with E-state index in [-0.39, 0.29) is 11.5 Å². The van der Waals surface area contributed by atoms with Crippen molar-refractivity contribution >= 4 is 22.4 Å². The molecule has 0 amide bonds. The minimum absolute atomic E-state index is 0.235. The summed E-state index contributed by atoms with van der Waals surface area (Å²) < 4.78 is 5.01. The van der Waals surface area contributed by atoms with Crippen molar-refractivity contribution in [3.8, 4) is 0 Å². The fourth-order valence-electron chi connectivity index (χ4n) is 1.72. The molecule has 0 saturated carbocycles. The van der Waals surface area contributed by atoms with Crippen LogP contribution in [0.2, 0.25) is 0 Å². The number of hydrogen-bond donors (Lipinski definition) is 1. The van der Waals surface area contributed by atoms with Crippen molar-refractivity contribution in [2.75, 3.05) is 25.1 Å². The first-order valence-corrected chi connectivity index (χ1v) is 7.31. The van der Waals surface area contributed by atoms with Gasteiger partial charge in [0.1, 0.15) is 4.88 Å². The van der Waals surface area contributed by atoms with Gasteiger partial charge in [0.15, 0.2) is 5.13 Å². The lowest BCUT2D eigenvalue weighted by Gasteiger charge is -2.23. The summed E-state index contributed by atoms with van der Waals surface area (Å²) in [5.41, 5.74) is 0.512. The summed E-state index contributed by atoms with van der Waals surface area (Å²) in [4.78, 5) is 18.0. The van der Waals surface area contributed by atoms with Crippen molar-refractivity contribution in [2.24, 2.45) is 5.92 Å². The number of rotatable bonds is 8. The molecule has 0 bridgehead atoms. The van der Waals surface area contributed by atoms with Crippen LogP contribution in [0.5, 0.6) is 0 Å². The van der Waals surface area contributed by atoms with Crippen LogP contribution >= 0.6 is 11.3 Å². The Morgan fingerprint density at radius 1 is 1.53 bits per heavy atom. The Balaban J connectivity index is 2.97. The minimum atomic E-state index is -0.935. The second-order valence-electron chi connectivity index (χ2n) is 4.56. The van der Waals surface area contributed by atoms with Crippen LogP contribution in [0.4, 0.5) is 5.13 Å². The lowest BCUT2D eigenvalue weighted by Crippen LogP contribution is -2.27. The Kier molecular flexibility index (Phi) is 6.24. The number of thiazole rings is 1. The molecule has 1 heterocycles. The third kappa shape index (κ3) is 4.18. The molecule has 1 rings (SSSR count). The molecule has 1 aromatic rings. The largest absolute Gasteiger partial charge is 0.477 e. The fraction of sp³-hybridized carbons (Fsp3) is 0.692. The lowest BCUT2D eigenvalue weighted by atomic mass is 10.1. The number of aromatic nitrogens is 1. The third-order valence-electron chi connectivity index (χ3n) is 3.04. The molecule has 19 heavy (non-hydrogen) atoms. The maximum absolute atomic E-state index is 11.2. The molecular formula is C13H22N2O3S. The number of methoxy groups -OCH3 is 1. The summed E-state index contributed by atoms with van der Waals surface area (Å²) in [6, 6.07) is 0. The SMILES string of the molecule is CCC(C)CN(CC)c1nc(COC)c(C(=O)O)s1. The molecule has 1 N–H and O–H groups in total. The van der Waals surface area contributed by atoms with Gasteiger partial charge in [-0.1, -0.05) is 31.6 Å². The average Bonchev–Trinajstić information content (AvgIpc) is 2.80. The molecule has 0 aliphatic rings. The predicted octanol–water partition coefficient (Wildman–Crippen LogP) is 2.86. The molecule has 0 saturated heterocycles. The Bertz CT molecular complexity index is 420. The van der Waals surface area contributed by atoms with Crippen molar-refractivity contribution in [3.05, 3.63) is 10.6 Å². The zero-order valence-electron chi connectivity index (χ0n) is 12.0. The Hall–Kier alpha value is -1.14. The number of carbonyl (C=O) groups is 1. The summed E-state index contributed by atoms with van der Waals surface area (Å²) in [6.07, 6.45) is 1.10. The van der Waals surface area contributed by atoms with Crippen LogP contribution in [-0.2, 0) is 11.3 Å². The highest BCUT2D eigenvalue weighted by Gasteiger charge is 2.20. The topological polar surface area (TPSA) is 62.7 Å². The Morgan fingerprint density at radius 2 is 2.21 bits per heavy atom. The van der Waals surface area contributed by atoms with Gasteiger partial charge in [0, 0.05) is 20.2 Å². The average molecular weight is 286 g/mol. The second-order valence-corrected chi connectivity index (χ2v) is 5.54. The highest BCUT2D eigenvalue weighted by Crippen LogP contribution is 2.27. The van der Waals surface area contributed by atoms with Crippen LogP contribution in [0.15, 0.2) is 0 Å². The van der Waals surface area contributed by atoms with E-state index in [4.69, 9.17) is 4.74 Å². The molecule has 1 aromatic heterocycles. The number of aromatic carboxylic acids is 1. The van der Waals surface area contributed by atoms with Gasteiger partial charge >= 0.3 is 5.97 Å². The zero-order valence-corrected chi connectivity index (χ0v) is 12.8. The monoisotopic (exact) mass is 286 g/mol. The van der Waals surface area contributed by atoms with E-state index in [1.54, 1.807) is 7.11 Å². The maximum Gasteiger partial charge on any atom is 0.347 e. The molecule has 1 unspecified atom stereocenters. The number of nitrogens with zero attached hydrogens (tertiary/aromatic N) is 2. The van der Waals surface area contributed by atoms with E-state index in [2.05, 4.69) is 30.7 Å². The minimum Gasteiger partial charge on any atom is -0.477 e. The van der Waals surface area contributed by atoms with E-state index < -0.39 is 5.97 Å². The van der Waals surface area contributed by atoms with Crippen LogP contribution in [0.1, 0.15) is 42.6 Å². The number of carboxylic acid groups (broad SMARTS) is 1. The highest BCUT2D eigenvalue weighted by atomic mass is 32.1. The number of anilines is 1. The van der Waals surface area contributed by atoms with Gasteiger partial charge in [-0.05, 0) is 12.8 Å². The molecular weight excluding hydrogens is 264 g/mol. The van der Waals surface area contributed by atoms with E-state index >= 15 is 0 Å². The number of carboxylic acids is 1. The van der Waals surface area contributed by atoms with E-state index in [0.29, 0.717) is 11.6 Å². The Morgan fingerprint density at radius 3 is 2.68 bits per heavy atom. The van der Waals surface area contributed by atoms with Crippen molar-refractivity contribution in [1.29, 1.82) is 0 Å². The van der Waals surface area contributed by atoms with Gasteiger partial charge in [-0.3, -0.25) is 0 Å². The van der Waals surface area contributed by atoms with Crippen molar-refractivity contribution in [1.82, 2.24) is 4.98 Å². The Labute approximate surface area is 118 Å². The first-order valence-electron chi connectivity index (χ1n) is 6.50. The number of hydrogen-bond acceptors (Lipinski definition) is 5. The zero-order chi connectivity index (χ0) is 14.4. The molecule has 0 radical (unpaired) electrons. The summed E-state index contributed by atoms with van der Waals surface area (Å²) in [7, 11) is 1.54. The second kappa shape index (κ2) is 7.45. The van der Waals surface area contributed by atoms with E-state index in [1.807, 2.05) is 0 Å². The maximum atomic E-state index is 11.2. The van der Waals surface area contributed by atoms with Gasteiger partial charge in [-0.15, -0.1) is 0 Å². The molecule has 0 fully saturated rings. The highest BCUT2D eigenvalue weighted by molar-refractivity contribution is 7.17.